The number of hydrogen-bond donors (Lipinski definition) is 0. The van der Waals surface area contributed by atoms with Crippen LogP contribution in [0.25, 0.3) is 38.4 Å². The number of para-hydroxylation sites is 3. The Labute approximate surface area is 171 Å². The molecule has 1 unspecified atom stereocenters. The molecule has 0 radical (unpaired) electrons. The Bertz CT molecular complexity index is 1420. The van der Waals surface area contributed by atoms with Crippen LogP contribution in [0.15, 0.2) is 66.7 Å². The molecule has 1 atom stereocenters. The molecule has 144 valence electrons. The minimum absolute atomic E-state index is 0.104. The maximum absolute atomic E-state index is 2.72. The molecule has 0 bridgehead atoms. The average molecular weight is 380 g/mol. The largest absolute Gasteiger partial charge is 0.296 e. The maximum atomic E-state index is 2.72. The van der Waals surface area contributed by atoms with Crippen molar-refractivity contribution in [3.05, 3.63) is 72.3 Å². The molecule has 3 heterocycles. The van der Waals surface area contributed by atoms with Crippen LogP contribution in [0.3, 0.4) is 0 Å². The first kappa shape index (κ1) is 17.0. The van der Waals surface area contributed by atoms with E-state index < -0.39 is 0 Å². The Morgan fingerprint density at radius 1 is 0.793 bits per heavy atom. The minimum atomic E-state index is 0.104. The van der Waals surface area contributed by atoms with E-state index in [-0.39, 0.29) is 5.54 Å². The van der Waals surface area contributed by atoms with Crippen molar-refractivity contribution in [1.82, 2.24) is 4.40 Å². The van der Waals surface area contributed by atoms with Gasteiger partial charge in [-0.1, -0.05) is 69.3 Å². The van der Waals surface area contributed by atoms with Gasteiger partial charge in [0.05, 0.1) is 5.39 Å². The van der Waals surface area contributed by atoms with E-state index in [2.05, 4.69) is 96.5 Å². The van der Waals surface area contributed by atoms with Crippen LogP contribution in [0.1, 0.15) is 51.5 Å². The molecular formula is C27H27N2+. The zero-order chi connectivity index (χ0) is 19.8. The van der Waals surface area contributed by atoms with Crippen molar-refractivity contribution in [2.24, 2.45) is 0 Å². The van der Waals surface area contributed by atoms with Crippen molar-refractivity contribution in [1.29, 1.82) is 0 Å². The van der Waals surface area contributed by atoms with Crippen LogP contribution in [0.4, 0.5) is 0 Å². The van der Waals surface area contributed by atoms with Crippen LogP contribution < -0.4 is 4.57 Å². The van der Waals surface area contributed by atoms with Gasteiger partial charge in [-0.2, -0.15) is 4.40 Å². The van der Waals surface area contributed by atoms with Crippen molar-refractivity contribution < 1.29 is 4.57 Å². The first-order valence-electron chi connectivity index (χ1n) is 11.1. The smallest absolute Gasteiger partial charge is 0.216 e. The molecule has 1 aliphatic rings. The Morgan fingerprint density at radius 3 is 2.24 bits per heavy atom. The normalized spacial score (nSPS) is 17.8. The van der Waals surface area contributed by atoms with E-state index in [9.17, 15) is 0 Å². The lowest BCUT2D eigenvalue weighted by atomic mass is 9.70. The number of hydrogen-bond acceptors (Lipinski definition) is 0. The van der Waals surface area contributed by atoms with E-state index in [0.717, 1.165) is 19.3 Å². The van der Waals surface area contributed by atoms with Crippen LogP contribution in [0, 0.1) is 0 Å². The van der Waals surface area contributed by atoms with Crippen molar-refractivity contribution in [3.63, 3.8) is 0 Å². The predicted octanol–water partition coefficient (Wildman–Crippen LogP) is 6.71. The Morgan fingerprint density at radius 2 is 1.48 bits per heavy atom. The van der Waals surface area contributed by atoms with Crippen LogP contribution in [0.5, 0.6) is 0 Å². The molecule has 0 spiro atoms. The fraction of sp³-hybridized carbons (Fsp3) is 0.296. The second kappa shape index (κ2) is 5.82. The van der Waals surface area contributed by atoms with Crippen molar-refractivity contribution in [2.75, 3.05) is 0 Å². The van der Waals surface area contributed by atoms with E-state index in [1.807, 2.05) is 0 Å². The predicted molar refractivity (Wildman–Crippen MR) is 122 cm³/mol. The molecule has 5 aromatic rings. The third-order valence-corrected chi connectivity index (χ3v) is 7.64. The lowest BCUT2D eigenvalue weighted by Gasteiger charge is -2.40. The van der Waals surface area contributed by atoms with E-state index in [1.165, 1.54) is 43.9 Å². The van der Waals surface area contributed by atoms with Gasteiger partial charge in [0.2, 0.25) is 0 Å². The number of aromatic nitrogens is 2. The van der Waals surface area contributed by atoms with Gasteiger partial charge in [-0.15, -0.1) is 0 Å². The van der Waals surface area contributed by atoms with Gasteiger partial charge in [0, 0.05) is 16.7 Å². The SMILES string of the molecule is CCC1c2cccc3c4ccccc4n4c5ccccc5[n+](c4c23)C1(CC)CC. The molecule has 1 aliphatic heterocycles. The van der Waals surface area contributed by atoms with E-state index in [0.29, 0.717) is 5.92 Å². The summed E-state index contributed by atoms with van der Waals surface area (Å²) in [4.78, 5) is 0. The zero-order valence-corrected chi connectivity index (χ0v) is 17.4. The molecule has 29 heavy (non-hydrogen) atoms. The van der Waals surface area contributed by atoms with Crippen LogP contribution in [-0.2, 0) is 5.54 Å². The van der Waals surface area contributed by atoms with Gasteiger partial charge in [0.25, 0.3) is 5.65 Å². The van der Waals surface area contributed by atoms with Gasteiger partial charge in [-0.25, -0.2) is 4.57 Å². The van der Waals surface area contributed by atoms with Crippen LogP contribution >= 0.6 is 0 Å². The molecule has 0 aliphatic carbocycles. The second-order valence-electron chi connectivity index (χ2n) is 8.54. The fourth-order valence-corrected chi connectivity index (χ4v) is 6.42. The third-order valence-electron chi connectivity index (χ3n) is 7.64. The van der Waals surface area contributed by atoms with Crippen molar-refractivity contribution >= 4 is 38.4 Å². The van der Waals surface area contributed by atoms with E-state index >= 15 is 0 Å². The summed E-state index contributed by atoms with van der Waals surface area (Å²) in [6, 6.07) is 24.9. The van der Waals surface area contributed by atoms with Crippen molar-refractivity contribution in [2.45, 2.75) is 51.5 Å². The monoisotopic (exact) mass is 379 g/mol. The minimum Gasteiger partial charge on any atom is -0.216 e. The quantitative estimate of drug-likeness (QED) is 0.243. The standard InChI is InChI=1S/C27H27N2/c1-4-21-20-14-11-13-19-18-12-7-8-15-22(18)28-23-16-9-10-17-24(23)29(26(28)25(19)20)27(21,5-2)6-3/h7-17,21H,4-6H2,1-3H3/q+1. The highest BCUT2D eigenvalue weighted by atomic mass is 15.2. The molecule has 2 aromatic heterocycles. The summed E-state index contributed by atoms with van der Waals surface area (Å²) in [6.45, 7) is 7.12. The molecule has 3 aromatic carbocycles. The van der Waals surface area contributed by atoms with Crippen LogP contribution in [0.2, 0.25) is 0 Å². The van der Waals surface area contributed by atoms with E-state index in [4.69, 9.17) is 0 Å². The number of benzene rings is 3. The average Bonchev–Trinajstić information content (AvgIpc) is 3.14. The number of rotatable bonds is 3. The number of pyridine rings is 1. The van der Waals surface area contributed by atoms with Gasteiger partial charge in [-0.3, -0.25) is 0 Å². The number of imidazole rings is 1. The molecule has 0 saturated carbocycles. The number of fused-ring (bicyclic) bond motifs is 6. The zero-order valence-electron chi connectivity index (χ0n) is 17.4. The van der Waals surface area contributed by atoms with Gasteiger partial charge in [0.15, 0.2) is 11.0 Å². The summed E-state index contributed by atoms with van der Waals surface area (Å²) < 4.78 is 5.25. The topological polar surface area (TPSA) is 8.29 Å². The van der Waals surface area contributed by atoms with E-state index in [1.54, 1.807) is 0 Å². The van der Waals surface area contributed by atoms with Gasteiger partial charge >= 0.3 is 0 Å². The molecule has 0 N–H and O–H groups in total. The Kier molecular flexibility index (Phi) is 3.42. The molecule has 0 amide bonds. The molecule has 0 saturated heterocycles. The third kappa shape index (κ3) is 1.86. The highest BCUT2D eigenvalue weighted by molar-refractivity contribution is 6.14. The summed E-state index contributed by atoms with van der Waals surface area (Å²) in [7, 11) is 0. The summed E-state index contributed by atoms with van der Waals surface area (Å²) in [6.07, 6.45) is 3.43. The maximum Gasteiger partial charge on any atom is 0.296 e. The summed E-state index contributed by atoms with van der Waals surface area (Å²) >= 11 is 0. The summed E-state index contributed by atoms with van der Waals surface area (Å²) in [5.41, 5.74) is 7.00. The summed E-state index contributed by atoms with van der Waals surface area (Å²) in [5, 5.41) is 4.19. The first-order chi connectivity index (χ1) is 14.3. The number of nitrogens with zero attached hydrogens (tertiary/aromatic N) is 2. The fourth-order valence-electron chi connectivity index (χ4n) is 6.42. The lowest BCUT2D eigenvalue weighted by Crippen LogP contribution is -2.60. The Hall–Kier alpha value is -2.87. The Balaban J connectivity index is 2.05. The first-order valence-corrected chi connectivity index (χ1v) is 11.1. The van der Waals surface area contributed by atoms with Crippen LogP contribution in [-0.4, -0.2) is 4.40 Å². The second-order valence-corrected chi connectivity index (χ2v) is 8.54. The molecular weight excluding hydrogens is 352 g/mol. The molecule has 0 fully saturated rings. The highest BCUT2D eigenvalue weighted by Gasteiger charge is 2.49. The summed E-state index contributed by atoms with van der Waals surface area (Å²) in [5.74, 6) is 0.523. The van der Waals surface area contributed by atoms with Gasteiger partial charge < -0.3 is 0 Å². The van der Waals surface area contributed by atoms with Gasteiger partial charge in [-0.05, 0) is 43.0 Å². The molecule has 2 heteroatoms. The molecule has 2 nitrogen and oxygen atoms in total. The van der Waals surface area contributed by atoms with Gasteiger partial charge in [0.1, 0.15) is 11.1 Å². The molecule has 6 rings (SSSR count). The highest BCUT2D eigenvalue weighted by Crippen LogP contribution is 2.48. The van der Waals surface area contributed by atoms with Crippen molar-refractivity contribution in [3.8, 4) is 0 Å². The lowest BCUT2D eigenvalue weighted by molar-refractivity contribution is -0.726.